The summed E-state index contributed by atoms with van der Waals surface area (Å²) in [5, 5.41) is 25.8. The van der Waals surface area contributed by atoms with Crippen molar-refractivity contribution in [3.63, 3.8) is 0 Å². The van der Waals surface area contributed by atoms with Gasteiger partial charge in [0.2, 0.25) is 0 Å². The van der Waals surface area contributed by atoms with Gasteiger partial charge in [0, 0.05) is 36.7 Å². The molecule has 2 rings (SSSR count). The molecular weight excluding hydrogens is 603 g/mol. The van der Waals surface area contributed by atoms with Crippen molar-refractivity contribution in [3.8, 4) is 0 Å². The predicted octanol–water partition coefficient (Wildman–Crippen LogP) is 1.99. The summed E-state index contributed by atoms with van der Waals surface area (Å²) in [5.74, 6) is -0.776. The van der Waals surface area contributed by atoms with E-state index in [2.05, 4.69) is 5.32 Å². The van der Waals surface area contributed by atoms with Gasteiger partial charge in [0.05, 0.1) is 40.9 Å². The summed E-state index contributed by atoms with van der Waals surface area (Å²) in [6.07, 6.45) is 3.14. The van der Waals surface area contributed by atoms with Gasteiger partial charge in [-0.2, -0.15) is 8.42 Å². The van der Waals surface area contributed by atoms with Crippen LogP contribution in [-0.4, -0.2) is 80.6 Å². The van der Waals surface area contributed by atoms with Gasteiger partial charge in [0.15, 0.2) is 6.29 Å². The summed E-state index contributed by atoms with van der Waals surface area (Å²) in [6, 6.07) is 1.73. The molecule has 1 aliphatic heterocycles. The monoisotopic (exact) mass is 630 g/mol. The lowest BCUT2D eigenvalue weighted by Crippen LogP contribution is -2.35. The number of alkyl halides is 1. The fraction of sp³-hybridized carbons (Fsp3) is 0.632. The first kappa shape index (κ1) is 29.1. The highest BCUT2D eigenvalue weighted by Gasteiger charge is 2.31. The number of nitrogens with zero attached hydrogens (tertiary/aromatic N) is 3. The van der Waals surface area contributed by atoms with E-state index in [1.165, 1.54) is 4.90 Å². The molecule has 0 aliphatic carbocycles. The van der Waals surface area contributed by atoms with Gasteiger partial charge in [-0.05, 0) is 19.3 Å². The van der Waals surface area contributed by atoms with E-state index in [9.17, 15) is 33.4 Å². The third-order valence-corrected chi connectivity index (χ3v) is 5.96. The summed E-state index contributed by atoms with van der Waals surface area (Å²) < 4.78 is 38.9. The van der Waals surface area contributed by atoms with E-state index in [1.54, 1.807) is 0 Å². The van der Waals surface area contributed by atoms with E-state index in [0.29, 0.717) is 11.0 Å². The molecule has 1 atom stereocenters. The van der Waals surface area contributed by atoms with Crippen molar-refractivity contribution in [3.05, 3.63) is 37.9 Å². The van der Waals surface area contributed by atoms with E-state index < -0.39 is 37.2 Å². The minimum absolute atomic E-state index is 0.0398. The molecule has 0 bridgehead atoms. The van der Waals surface area contributed by atoms with Gasteiger partial charge < -0.3 is 19.7 Å². The Bertz CT molecular complexity index is 1020. The lowest BCUT2D eigenvalue weighted by atomic mass is 10.1. The molecule has 1 fully saturated rings. The minimum Gasteiger partial charge on any atom is -0.362 e. The number of amides is 1. The number of carbonyl (C=O) groups excluding carboxylic acids is 1. The maximum absolute atomic E-state index is 13.0. The number of hydrogen-bond donors (Lipinski definition) is 1. The second-order valence-electron chi connectivity index (χ2n) is 7.50. The molecule has 1 amide bonds. The number of hydrogen-bond acceptors (Lipinski definition) is 11. The van der Waals surface area contributed by atoms with Crippen molar-refractivity contribution in [2.24, 2.45) is 0 Å². The molecule has 1 unspecified atom stereocenters. The maximum atomic E-state index is 13.0. The van der Waals surface area contributed by atoms with Gasteiger partial charge in [-0.1, -0.05) is 22.6 Å². The van der Waals surface area contributed by atoms with Gasteiger partial charge in [-0.15, -0.1) is 0 Å². The third kappa shape index (κ3) is 9.43. The number of rotatable bonds is 14. The summed E-state index contributed by atoms with van der Waals surface area (Å²) in [6.45, 7) is 0.486. The van der Waals surface area contributed by atoms with Crippen LogP contribution < -0.4 is 10.2 Å². The molecule has 14 nitrogen and oxygen atoms in total. The Morgan fingerprint density at radius 3 is 2.54 bits per heavy atom. The van der Waals surface area contributed by atoms with Crippen LogP contribution in [0.25, 0.3) is 0 Å². The minimum atomic E-state index is -3.77. The Morgan fingerprint density at radius 2 is 1.97 bits per heavy atom. The van der Waals surface area contributed by atoms with Crippen LogP contribution in [-0.2, 0) is 23.8 Å². The number of halogens is 1. The van der Waals surface area contributed by atoms with Crippen LogP contribution in [0.3, 0.4) is 0 Å². The van der Waals surface area contributed by atoms with Crippen LogP contribution in [0.1, 0.15) is 29.6 Å². The standard InChI is InChI=1S/C19H27IN4O10S/c1-35(30,31)34-11-8-22(7-5-20)18-15(12-14(23(26)27)13-16(18)24(28)29)19(25)21-6-10-33-17-4-2-3-9-32-17/h12-13,17H,2-11H2,1H3,(H,21,25). The number of nitro benzene ring substituents is 2. The summed E-state index contributed by atoms with van der Waals surface area (Å²) in [4.78, 5) is 36.0. The fourth-order valence-corrected chi connectivity index (χ4v) is 4.34. The first-order valence-corrected chi connectivity index (χ1v) is 14.0. The summed E-state index contributed by atoms with van der Waals surface area (Å²) >= 11 is 2.01. The second kappa shape index (κ2) is 13.8. The average molecular weight is 630 g/mol. The lowest BCUT2D eigenvalue weighted by Gasteiger charge is -2.25. The molecular formula is C19H27IN4O10S. The third-order valence-electron chi connectivity index (χ3n) is 4.89. The Hall–Kier alpha value is -2.15. The van der Waals surface area contributed by atoms with Crippen LogP contribution in [0.5, 0.6) is 0 Å². The molecule has 0 spiro atoms. The van der Waals surface area contributed by atoms with Gasteiger partial charge in [0.25, 0.3) is 27.4 Å². The van der Waals surface area contributed by atoms with Gasteiger partial charge in [-0.3, -0.25) is 29.2 Å². The number of ether oxygens (including phenoxy) is 2. The first-order chi connectivity index (χ1) is 16.5. The van der Waals surface area contributed by atoms with Crippen molar-refractivity contribution in [1.29, 1.82) is 0 Å². The topological polar surface area (TPSA) is 180 Å². The number of nitro groups is 2. The van der Waals surface area contributed by atoms with Crippen molar-refractivity contribution < 1.29 is 36.7 Å². The molecule has 0 aromatic heterocycles. The molecule has 196 valence electrons. The van der Waals surface area contributed by atoms with Crippen LogP contribution >= 0.6 is 22.6 Å². The highest BCUT2D eigenvalue weighted by Crippen LogP contribution is 2.36. The average Bonchev–Trinajstić information content (AvgIpc) is 2.80. The van der Waals surface area contributed by atoms with Crippen LogP contribution in [0, 0.1) is 20.2 Å². The zero-order valence-electron chi connectivity index (χ0n) is 19.0. The number of non-ortho nitro benzene ring substituents is 1. The van der Waals surface area contributed by atoms with Crippen LogP contribution in [0.2, 0.25) is 0 Å². The zero-order chi connectivity index (χ0) is 26.0. The molecule has 0 radical (unpaired) electrons. The van der Waals surface area contributed by atoms with Crippen molar-refractivity contribution >= 4 is 55.7 Å². The molecule has 1 N–H and O–H groups in total. The fourth-order valence-electron chi connectivity index (χ4n) is 3.38. The van der Waals surface area contributed by atoms with Crippen LogP contribution in [0.15, 0.2) is 12.1 Å². The largest absolute Gasteiger partial charge is 0.362 e. The van der Waals surface area contributed by atoms with Crippen LogP contribution in [0.4, 0.5) is 17.1 Å². The predicted molar refractivity (Wildman–Crippen MR) is 134 cm³/mol. The molecule has 1 aliphatic rings. The van der Waals surface area contributed by atoms with Gasteiger partial charge >= 0.3 is 0 Å². The van der Waals surface area contributed by atoms with Crippen molar-refractivity contribution in [1.82, 2.24) is 5.32 Å². The molecule has 16 heteroatoms. The molecule has 1 aromatic rings. The quantitative estimate of drug-likeness (QED) is 0.0793. The Labute approximate surface area is 215 Å². The normalized spacial score (nSPS) is 16.0. The maximum Gasteiger partial charge on any atom is 0.300 e. The van der Waals surface area contributed by atoms with E-state index in [4.69, 9.17) is 13.7 Å². The lowest BCUT2D eigenvalue weighted by molar-refractivity contribution is -0.393. The van der Waals surface area contributed by atoms with E-state index in [0.717, 1.165) is 37.7 Å². The Kier molecular flexibility index (Phi) is 11.5. The van der Waals surface area contributed by atoms with Gasteiger partial charge in [0.1, 0.15) is 5.69 Å². The smallest absolute Gasteiger partial charge is 0.300 e. The highest BCUT2D eigenvalue weighted by molar-refractivity contribution is 14.1. The Balaban J connectivity index is 2.31. The molecule has 1 aromatic carbocycles. The number of carbonyl (C=O) groups is 1. The molecule has 0 saturated carbocycles. The molecule has 1 heterocycles. The highest BCUT2D eigenvalue weighted by atomic mass is 127. The number of benzene rings is 1. The number of anilines is 1. The van der Waals surface area contributed by atoms with E-state index in [-0.39, 0.29) is 50.4 Å². The van der Waals surface area contributed by atoms with Crippen molar-refractivity contribution in [2.45, 2.75) is 25.6 Å². The molecule has 1 saturated heterocycles. The SMILES string of the molecule is CS(=O)(=O)OCCN(CCI)c1c(C(=O)NCCOC2CCCCO2)cc([N+](=O)[O-])cc1[N+](=O)[O-]. The first-order valence-electron chi connectivity index (χ1n) is 10.7. The second-order valence-corrected chi connectivity index (χ2v) is 10.2. The number of nitrogens with one attached hydrogen (secondary N) is 1. The molecule has 35 heavy (non-hydrogen) atoms. The summed E-state index contributed by atoms with van der Waals surface area (Å²) in [5.41, 5.74) is -1.73. The van der Waals surface area contributed by atoms with Crippen molar-refractivity contribution in [2.75, 3.05) is 55.0 Å². The van der Waals surface area contributed by atoms with Gasteiger partial charge in [-0.25, -0.2) is 0 Å². The Morgan fingerprint density at radius 1 is 1.23 bits per heavy atom. The summed E-state index contributed by atoms with van der Waals surface area (Å²) in [7, 11) is -3.77. The van der Waals surface area contributed by atoms with E-state index in [1.807, 2.05) is 22.6 Å². The zero-order valence-corrected chi connectivity index (χ0v) is 22.0. The van der Waals surface area contributed by atoms with E-state index >= 15 is 0 Å².